The molecule has 1 amide bonds. The SMILES string of the molecule is CCOC(=O)CCCNC(=O)c1ccc(C)c(Br)c1. The maximum absolute atomic E-state index is 11.8. The zero-order valence-corrected chi connectivity index (χ0v) is 12.7. The molecular weight excluding hydrogens is 310 g/mol. The van der Waals surface area contributed by atoms with Gasteiger partial charge in [-0.1, -0.05) is 22.0 Å². The molecule has 0 bridgehead atoms. The Labute approximate surface area is 121 Å². The van der Waals surface area contributed by atoms with Crippen molar-refractivity contribution in [2.75, 3.05) is 13.2 Å². The van der Waals surface area contributed by atoms with Crippen molar-refractivity contribution in [1.82, 2.24) is 5.32 Å². The molecule has 0 aliphatic rings. The van der Waals surface area contributed by atoms with E-state index in [1.807, 2.05) is 13.0 Å². The molecule has 0 aromatic heterocycles. The second-order valence-corrected chi connectivity index (χ2v) is 4.98. The van der Waals surface area contributed by atoms with E-state index in [0.717, 1.165) is 10.0 Å². The van der Waals surface area contributed by atoms with Gasteiger partial charge in [-0.25, -0.2) is 0 Å². The number of benzene rings is 1. The normalized spacial score (nSPS) is 10.1. The van der Waals surface area contributed by atoms with Crippen LogP contribution in [0.3, 0.4) is 0 Å². The van der Waals surface area contributed by atoms with E-state index in [1.165, 1.54) is 0 Å². The highest BCUT2D eigenvalue weighted by Crippen LogP contribution is 2.17. The van der Waals surface area contributed by atoms with Gasteiger partial charge in [-0.2, -0.15) is 0 Å². The Morgan fingerprint density at radius 3 is 2.74 bits per heavy atom. The molecule has 19 heavy (non-hydrogen) atoms. The molecule has 1 aromatic carbocycles. The van der Waals surface area contributed by atoms with E-state index >= 15 is 0 Å². The van der Waals surface area contributed by atoms with Crippen LogP contribution in [0.25, 0.3) is 0 Å². The Balaban J connectivity index is 2.35. The highest BCUT2D eigenvalue weighted by atomic mass is 79.9. The van der Waals surface area contributed by atoms with Crippen molar-refractivity contribution in [3.8, 4) is 0 Å². The summed E-state index contributed by atoms with van der Waals surface area (Å²) >= 11 is 3.39. The summed E-state index contributed by atoms with van der Waals surface area (Å²) in [6, 6.07) is 5.45. The Hall–Kier alpha value is -1.36. The molecule has 0 heterocycles. The Kier molecular flexibility index (Phi) is 6.56. The number of esters is 1. The first kappa shape index (κ1) is 15.7. The molecular formula is C14H18BrNO3. The maximum Gasteiger partial charge on any atom is 0.305 e. The van der Waals surface area contributed by atoms with Gasteiger partial charge in [0.25, 0.3) is 5.91 Å². The number of rotatable bonds is 6. The van der Waals surface area contributed by atoms with Crippen molar-refractivity contribution in [3.05, 3.63) is 33.8 Å². The summed E-state index contributed by atoms with van der Waals surface area (Å²) in [7, 11) is 0. The predicted octanol–water partition coefficient (Wildman–Crippen LogP) is 2.83. The van der Waals surface area contributed by atoms with Gasteiger partial charge >= 0.3 is 5.97 Å². The van der Waals surface area contributed by atoms with Crippen LogP contribution in [-0.2, 0) is 9.53 Å². The van der Waals surface area contributed by atoms with Gasteiger partial charge in [0.1, 0.15) is 0 Å². The predicted molar refractivity (Wildman–Crippen MR) is 77.1 cm³/mol. The minimum Gasteiger partial charge on any atom is -0.466 e. The molecule has 4 nitrogen and oxygen atoms in total. The highest BCUT2D eigenvalue weighted by molar-refractivity contribution is 9.10. The van der Waals surface area contributed by atoms with E-state index in [1.54, 1.807) is 19.1 Å². The largest absolute Gasteiger partial charge is 0.466 e. The molecule has 0 spiro atoms. The van der Waals surface area contributed by atoms with Crippen molar-refractivity contribution < 1.29 is 14.3 Å². The number of amides is 1. The molecule has 0 aliphatic carbocycles. The highest BCUT2D eigenvalue weighted by Gasteiger charge is 2.07. The van der Waals surface area contributed by atoms with E-state index in [9.17, 15) is 9.59 Å². The van der Waals surface area contributed by atoms with Crippen LogP contribution in [0.5, 0.6) is 0 Å². The zero-order valence-electron chi connectivity index (χ0n) is 11.2. The lowest BCUT2D eigenvalue weighted by Gasteiger charge is -2.06. The second-order valence-electron chi connectivity index (χ2n) is 4.13. The second kappa shape index (κ2) is 7.94. The van der Waals surface area contributed by atoms with Crippen LogP contribution in [0.15, 0.2) is 22.7 Å². The fourth-order valence-corrected chi connectivity index (χ4v) is 1.88. The third kappa shape index (κ3) is 5.42. The molecule has 0 atom stereocenters. The van der Waals surface area contributed by atoms with Crippen molar-refractivity contribution in [2.24, 2.45) is 0 Å². The fraction of sp³-hybridized carbons (Fsp3) is 0.429. The fourth-order valence-electron chi connectivity index (χ4n) is 1.50. The van der Waals surface area contributed by atoms with Gasteiger partial charge in [0, 0.05) is 23.0 Å². The van der Waals surface area contributed by atoms with Crippen LogP contribution >= 0.6 is 15.9 Å². The van der Waals surface area contributed by atoms with E-state index in [-0.39, 0.29) is 11.9 Å². The molecule has 0 saturated carbocycles. The summed E-state index contributed by atoms with van der Waals surface area (Å²) in [5, 5.41) is 2.78. The van der Waals surface area contributed by atoms with Gasteiger partial charge in [-0.05, 0) is 38.0 Å². The van der Waals surface area contributed by atoms with E-state index in [4.69, 9.17) is 4.74 Å². The summed E-state index contributed by atoms with van der Waals surface area (Å²) in [6.45, 7) is 4.59. The Morgan fingerprint density at radius 1 is 1.37 bits per heavy atom. The average molecular weight is 328 g/mol. The quantitative estimate of drug-likeness (QED) is 0.645. The van der Waals surface area contributed by atoms with Crippen LogP contribution < -0.4 is 5.32 Å². The van der Waals surface area contributed by atoms with Gasteiger partial charge in [-0.3, -0.25) is 9.59 Å². The van der Waals surface area contributed by atoms with Crippen LogP contribution in [0.1, 0.15) is 35.7 Å². The van der Waals surface area contributed by atoms with E-state index in [0.29, 0.717) is 31.6 Å². The summed E-state index contributed by atoms with van der Waals surface area (Å²) in [4.78, 5) is 22.9. The standard InChI is InChI=1S/C14H18BrNO3/c1-3-19-13(17)5-4-8-16-14(18)11-7-6-10(2)12(15)9-11/h6-7,9H,3-5,8H2,1-2H3,(H,16,18). The molecule has 0 unspecified atom stereocenters. The average Bonchev–Trinajstić information content (AvgIpc) is 2.38. The van der Waals surface area contributed by atoms with Gasteiger partial charge < -0.3 is 10.1 Å². The summed E-state index contributed by atoms with van der Waals surface area (Å²) < 4.78 is 5.71. The van der Waals surface area contributed by atoms with Gasteiger partial charge in [-0.15, -0.1) is 0 Å². The number of hydrogen-bond donors (Lipinski definition) is 1. The van der Waals surface area contributed by atoms with E-state index < -0.39 is 0 Å². The van der Waals surface area contributed by atoms with Gasteiger partial charge in [0.2, 0.25) is 0 Å². The number of nitrogens with one attached hydrogen (secondary N) is 1. The van der Waals surface area contributed by atoms with E-state index in [2.05, 4.69) is 21.2 Å². The number of ether oxygens (including phenoxy) is 1. The number of carbonyl (C=O) groups is 2. The minimum atomic E-state index is -0.227. The molecule has 1 N–H and O–H groups in total. The lowest BCUT2D eigenvalue weighted by molar-refractivity contribution is -0.143. The van der Waals surface area contributed by atoms with Gasteiger partial charge in [0.05, 0.1) is 6.61 Å². The molecule has 0 fully saturated rings. The van der Waals surface area contributed by atoms with Crippen LogP contribution in [0.4, 0.5) is 0 Å². The van der Waals surface area contributed by atoms with Crippen molar-refractivity contribution in [3.63, 3.8) is 0 Å². The summed E-state index contributed by atoms with van der Waals surface area (Å²) in [5.74, 6) is -0.362. The Morgan fingerprint density at radius 2 is 2.11 bits per heavy atom. The Bertz CT molecular complexity index is 460. The first-order valence-corrected chi connectivity index (χ1v) is 7.04. The number of aryl methyl sites for hydroxylation is 1. The van der Waals surface area contributed by atoms with Crippen LogP contribution in [0, 0.1) is 6.92 Å². The molecule has 0 aliphatic heterocycles. The molecule has 1 rings (SSSR count). The first-order valence-electron chi connectivity index (χ1n) is 6.24. The summed E-state index contributed by atoms with van der Waals surface area (Å²) in [6.07, 6.45) is 0.906. The lowest BCUT2D eigenvalue weighted by atomic mass is 10.1. The number of halogens is 1. The third-order valence-electron chi connectivity index (χ3n) is 2.58. The van der Waals surface area contributed by atoms with Crippen LogP contribution in [-0.4, -0.2) is 25.0 Å². The van der Waals surface area contributed by atoms with Crippen molar-refractivity contribution >= 4 is 27.8 Å². The lowest BCUT2D eigenvalue weighted by Crippen LogP contribution is -2.25. The molecule has 1 aromatic rings. The van der Waals surface area contributed by atoms with Gasteiger partial charge in [0.15, 0.2) is 0 Å². The third-order valence-corrected chi connectivity index (χ3v) is 3.44. The smallest absolute Gasteiger partial charge is 0.305 e. The monoisotopic (exact) mass is 327 g/mol. The molecule has 104 valence electrons. The molecule has 5 heteroatoms. The topological polar surface area (TPSA) is 55.4 Å². The molecule has 0 radical (unpaired) electrons. The van der Waals surface area contributed by atoms with Crippen molar-refractivity contribution in [1.29, 1.82) is 0 Å². The number of hydrogen-bond acceptors (Lipinski definition) is 3. The number of carbonyl (C=O) groups excluding carboxylic acids is 2. The maximum atomic E-state index is 11.8. The molecule has 0 saturated heterocycles. The van der Waals surface area contributed by atoms with Crippen LogP contribution in [0.2, 0.25) is 0 Å². The zero-order chi connectivity index (χ0) is 14.3. The summed E-state index contributed by atoms with van der Waals surface area (Å²) in [5.41, 5.74) is 1.69. The first-order chi connectivity index (χ1) is 9.04. The minimum absolute atomic E-state index is 0.135. The van der Waals surface area contributed by atoms with Crippen molar-refractivity contribution in [2.45, 2.75) is 26.7 Å².